The summed E-state index contributed by atoms with van der Waals surface area (Å²) in [4.78, 5) is 12.4. The van der Waals surface area contributed by atoms with E-state index in [1.54, 1.807) is 38.3 Å². The van der Waals surface area contributed by atoms with Crippen LogP contribution < -0.4 is 19.5 Å². The molecule has 7 nitrogen and oxygen atoms in total. The molecule has 1 atom stereocenters. The first kappa shape index (κ1) is 20.9. The first-order valence-corrected chi connectivity index (χ1v) is 10.3. The van der Waals surface area contributed by atoms with Crippen molar-refractivity contribution in [2.75, 3.05) is 24.7 Å². The molecule has 0 fully saturated rings. The van der Waals surface area contributed by atoms with Gasteiger partial charge in [0.25, 0.3) is 5.91 Å². The van der Waals surface area contributed by atoms with E-state index in [-0.39, 0.29) is 28.9 Å². The predicted octanol–water partition coefficient (Wildman–Crippen LogP) is 2.92. The number of hydrogen-bond acceptors (Lipinski definition) is 5. The van der Waals surface area contributed by atoms with E-state index in [9.17, 15) is 13.2 Å². The molecule has 0 spiro atoms. The Hall–Kier alpha value is -2.45. The predicted molar refractivity (Wildman–Crippen MR) is 105 cm³/mol. The zero-order chi connectivity index (χ0) is 20.0. The molecule has 0 saturated carbocycles. The Labute approximate surface area is 163 Å². The molecule has 27 heavy (non-hydrogen) atoms. The first-order chi connectivity index (χ1) is 12.7. The molecule has 9 heteroatoms. The van der Waals surface area contributed by atoms with Crippen LogP contribution in [0.4, 0.5) is 5.69 Å². The van der Waals surface area contributed by atoms with E-state index in [1.165, 1.54) is 18.2 Å². The average molecular weight is 413 g/mol. The van der Waals surface area contributed by atoms with Crippen LogP contribution in [0.3, 0.4) is 0 Å². The van der Waals surface area contributed by atoms with Crippen molar-refractivity contribution in [3.05, 3.63) is 53.1 Å². The zero-order valence-electron chi connectivity index (χ0n) is 15.2. The van der Waals surface area contributed by atoms with Crippen molar-refractivity contribution in [1.82, 2.24) is 5.32 Å². The molecule has 2 rings (SSSR count). The van der Waals surface area contributed by atoms with Crippen LogP contribution in [0.15, 0.2) is 42.5 Å². The third kappa shape index (κ3) is 6.65. The number of rotatable bonds is 8. The lowest BCUT2D eigenvalue weighted by molar-refractivity contribution is 0.0927. The summed E-state index contributed by atoms with van der Waals surface area (Å²) >= 11 is 6.07. The number of halogens is 1. The Morgan fingerprint density at radius 3 is 2.37 bits per heavy atom. The second-order valence-corrected chi connectivity index (χ2v) is 8.09. The number of nitrogens with one attached hydrogen (secondary N) is 2. The van der Waals surface area contributed by atoms with Gasteiger partial charge >= 0.3 is 0 Å². The maximum atomic E-state index is 12.4. The minimum atomic E-state index is -3.45. The van der Waals surface area contributed by atoms with Crippen LogP contribution >= 0.6 is 11.6 Å². The lowest BCUT2D eigenvalue weighted by Gasteiger charge is -2.16. The van der Waals surface area contributed by atoms with Crippen molar-refractivity contribution in [1.29, 1.82) is 0 Å². The van der Waals surface area contributed by atoms with Gasteiger partial charge in [-0.05, 0) is 49.4 Å². The number of ether oxygens (including phenoxy) is 2. The Balaban J connectivity index is 1.97. The van der Waals surface area contributed by atoms with Crippen LogP contribution in [0, 0.1) is 0 Å². The largest absolute Gasteiger partial charge is 0.497 e. The summed E-state index contributed by atoms with van der Waals surface area (Å²) in [5, 5.41) is 2.99. The first-order valence-electron chi connectivity index (χ1n) is 8.03. The fraction of sp³-hybridized carbons (Fsp3) is 0.278. The van der Waals surface area contributed by atoms with Gasteiger partial charge in [-0.3, -0.25) is 9.52 Å². The molecule has 0 radical (unpaired) electrons. The molecule has 0 saturated heterocycles. The highest BCUT2D eigenvalue weighted by molar-refractivity contribution is 7.92. The molecule has 0 heterocycles. The average Bonchev–Trinajstić information content (AvgIpc) is 2.60. The second-order valence-electron chi connectivity index (χ2n) is 5.93. The number of sulfonamides is 1. The number of hydrogen-bond donors (Lipinski definition) is 2. The minimum Gasteiger partial charge on any atom is -0.497 e. The molecule has 1 unspecified atom stereocenters. The monoisotopic (exact) mass is 412 g/mol. The molecule has 2 aromatic carbocycles. The van der Waals surface area contributed by atoms with E-state index in [1.807, 2.05) is 0 Å². The van der Waals surface area contributed by atoms with Gasteiger partial charge in [0.2, 0.25) is 10.0 Å². The molecular weight excluding hydrogens is 392 g/mol. The summed E-state index contributed by atoms with van der Waals surface area (Å²) < 4.78 is 35.7. The van der Waals surface area contributed by atoms with Crippen LogP contribution in [0.25, 0.3) is 0 Å². The minimum absolute atomic E-state index is 0.168. The molecule has 0 aromatic heterocycles. The molecule has 2 aromatic rings. The van der Waals surface area contributed by atoms with E-state index in [4.69, 9.17) is 21.1 Å². The van der Waals surface area contributed by atoms with Crippen LogP contribution in [0.1, 0.15) is 17.3 Å². The lowest BCUT2D eigenvalue weighted by atomic mass is 10.2. The van der Waals surface area contributed by atoms with Crippen LogP contribution in [0.5, 0.6) is 11.5 Å². The van der Waals surface area contributed by atoms with Gasteiger partial charge in [-0.25, -0.2) is 8.42 Å². The highest BCUT2D eigenvalue weighted by Crippen LogP contribution is 2.21. The number of carbonyl (C=O) groups excluding carboxylic acids is 1. The van der Waals surface area contributed by atoms with Gasteiger partial charge in [-0.2, -0.15) is 0 Å². The molecule has 0 aliphatic heterocycles. The number of anilines is 1. The van der Waals surface area contributed by atoms with Crippen molar-refractivity contribution in [3.63, 3.8) is 0 Å². The smallest absolute Gasteiger partial charge is 0.253 e. The summed E-state index contributed by atoms with van der Waals surface area (Å²) in [6.07, 6.45) is 1.03. The quantitative estimate of drug-likeness (QED) is 0.695. The summed E-state index contributed by atoms with van der Waals surface area (Å²) in [6, 6.07) is 11.1. The highest BCUT2D eigenvalue weighted by Gasteiger charge is 2.15. The number of methoxy groups -OCH3 is 1. The van der Waals surface area contributed by atoms with Crippen LogP contribution in [0.2, 0.25) is 5.02 Å². The van der Waals surface area contributed by atoms with E-state index >= 15 is 0 Å². The van der Waals surface area contributed by atoms with Gasteiger partial charge in [0.05, 0.1) is 30.0 Å². The number of carbonyl (C=O) groups is 1. The van der Waals surface area contributed by atoms with Gasteiger partial charge in [0.1, 0.15) is 18.1 Å². The van der Waals surface area contributed by atoms with E-state index in [0.717, 1.165) is 12.0 Å². The van der Waals surface area contributed by atoms with Crippen LogP contribution in [-0.4, -0.2) is 40.3 Å². The van der Waals surface area contributed by atoms with E-state index in [0.29, 0.717) is 5.75 Å². The topological polar surface area (TPSA) is 93.7 Å². The van der Waals surface area contributed by atoms with Gasteiger partial charge < -0.3 is 14.8 Å². The summed E-state index contributed by atoms with van der Waals surface area (Å²) in [7, 11) is -1.87. The molecule has 0 aliphatic carbocycles. The maximum absolute atomic E-state index is 12.4. The van der Waals surface area contributed by atoms with Crippen LogP contribution in [-0.2, 0) is 10.0 Å². The summed E-state index contributed by atoms with van der Waals surface area (Å²) in [6.45, 7) is 2.03. The number of amides is 1. The van der Waals surface area contributed by atoms with E-state index < -0.39 is 15.9 Å². The third-order valence-electron chi connectivity index (χ3n) is 3.45. The molecule has 0 aliphatic rings. The molecule has 0 bridgehead atoms. The summed E-state index contributed by atoms with van der Waals surface area (Å²) in [5.41, 5.74) is 0.427. The van der Waals surface area contributed by atoms with Gasteiger partial charge in [0, 0.05) is 5.69 Å². The third-order valence-corrected chi connectivity index (χ3v) is 4.39. The van der Waals surface area contributed by atoms with Crippen molar-refractivity contribution in [2.45, 2.75) is 13.0 Å². The molecule has 146 valence electrons. The Kier molecular flexibility index (Phi) is 6.92. The Morgan fingerprint density at radius 1 is 1.15 bits per heavy atom. The van der Waals surface area contributed by atoms with Gasteiger partial charge in [0.15, 0.2) is 0 Å². The standard InChI is InChI=1S/C18H21ClN2O5S/c1-12(11-26-15-7-5-14(25-2)6-8-15)20-18(22)16-10-13(4-9-17(16)19)21-27(3,23)24/h4-10,12,21H,11H2,1-3H3,(H,20,22). The van der Waals surface area contributed by atoms with Crippen molar-refractivity contribution < 1.29 is 22.7 Å². The SMILES string of the molecule is COc1ccc(OCC(C)NC(=O)c2cc(NS(C)(=O)=O)ccc2Cl)cc1. The van der Waals surface area contributed by atoms with E-state index in [2.05, 4.69) is 10.0 Å². The van der Waals surface area contributed by atoms with Gasteiger partial charge in [-0.15, -0.1) is 0 Å². The Bertz CT molecular complexity index is 900. The fourth-order valence-electron chi connectivity index (χ4n) is 2.21. The molecule has 1 amide bonds. The number of benzene rings is 2. The highest BCUT2D eigenvalue weighted by atomic mass is 35.5. The Morgan fingerprint density at radius 2 is 1.78 bits per heavy atom. The van der Waals surface area contributed by atoms with Crippen molar-refractivity contribution in [2.24, 2.45) is 0 Å². The fourth-order valence-corrected chi connectivity index (χ4v) is 2.97. The van der Waals surface area contributed by atoms with Gasteiger partial charge in [-0.1, -0.05) is 11.6 Å². The second kappa shape index (κ2) is 8.96. The van der Waals surface area contributed by atoms with Crippen molar-refractivity contribution in [3.8, 4) is 11.5 Å². The maximum Gasteiger partial charge on any atom is 0.253 e. The molecule has 2 N–H and O–H groups in total. The normalized spacial score (nSPS) is 12.1. The van der Waals surface area contributed by atoms with Crippen molar-refractivity contribution >= 4 is 33.2 Å². The molecular formula is C18H21ClN2O5S. The lowest BCUT2D eigenvalue weighted by Crippen LogP contribution is -2.37. The zero-order valence-corrected chi connectivity index (χ0v) is 16.7. The summed E-state index contributed by atoms with van der Waals surface area (Å²) in [5.74, 6) is 0.943.